The molecule has 3 nitrogen and oxygen atoms in total. The summed E-state index contributed by atoms with van der Waals surface area (Å²) in [4.78, 5) is 11.7. The van der Waals surface area contributed by atoms with E-state index in [9.17, 15) is 4.79 Å². The van der Waals surface area contributed by atoms with Crippen LogP contribution in [0.2, 0.25) is 0 Å². The van der Waals surface area contributed by atoms with Crippen molar-refractivity contribution in [1.29, 1.82) is 0 Å². The first-order valence-electron chi connectivity index (χ1n) is 6.81. The summed E-state index contributed by atoms with van der Waals surface area (Å²) >= 11 is 0. The molecule has 18 heavy (non-hydrogen) atoms. The van der Waals surface area contributed by atoms with Gasteiger partial charge in [0.05, 0.1) is 6.04 Å². The van der Waals surface area contributed by atoms with Crippen molar-refractivity contribution in [1.82, 2.24) is 5.32 Å². The second kappa shape index (κ2) is 8.70. The Bertz CT molecular complexity index is 338. The molecule has 0 radical (unpaired) electrons. The Morgan fingerprint density at radius 2 is 1.94 bits per heavy atom. The number of hydrogen-bond acceptors (Lipinski definition) is 2. The highest BCUT2D eigenvalue weighted by Crippen LogP contribution is 2.02. The summed E-state index contributed by atoms with van der Waals surface area (Å²) in [6, 6.07) is 9.43. The second-order valence-corrected chi connectivity index (χ2v) is 4.65. The highest BCUT2D eigenvalue weighted by molar-refractivity contribution is 5.81. The third kappa shape index (κ3) is 5.82. The van der Waals surface area contributed by atoms with Gasteiger partial charge in [-0.2, -0.15) is 0 Å². The average Bonchev–Trinajstić information content (AvgIpc) is 2.39. The van der Waals surface area contributed by atoms with Crippen LogP contribution in [0.5, 0.6) is 0 Å². The maximum atomic E-state index is 11.7. The van der Waals surface area contributed by atoms with Crippen molar-refractivity contribution >= 4 is 5.91 Å². The molecule has 3 N–H and O–H groups in total. The van der Waals surface area contributed by atoms with Crippen molar-refractivity contribution in [3.8, 4) is 0 Å². The molecule has 1 amide bonds. The van der Waals surface area contributed by atoms with E-state index in [0.717, 1.165) is 18.5 Å². The molecule has 0 heterocycles. The highest BCUT2D eigenvalue weighted by Gasteiger charge is 2.12. The molecular formula is C15H24N2O. The molecule has 0 spiro atoms. The minimum atomic E-state index is -0.446. The molecule has 0 fully saturated rings. The van der Waals surface area contributed by atoms with Crippen LogP contribution < -0.4 is 11.1 Å². The molecule has 0 saturated heterocycles. The Balaban J connectivity index is 2.21. The molecule has 0 aromatic heterocycles. The van der Waals surface area contributed by atoms with Gasteiger partial charge in [0.15, 0.2) is 0 Å². The van der Waals surface area contributed by atoms with Crippen molar-refractivity contribution in [3.63, 3.8) is 0 Å². The Labute approximate surface area is 110 Å². The topological polar surface area (TPSA) is 55.1 Å². The number of carbonyl (C=O) groups excluding carboxylic acids is 1. The van der Waals surface area contributed by atoms with E-state index in [-0.39, 0.29) is 5.91 Å². The van der Waals surface area contributed by atoms with E-state index < -0.39 is 6.04 Å². The molecule has 1 atom stereocenters. The van der Waals surface area contributed by atoms with Gasteiger partial charge in [-0.1, -0.05) is 56.5 Å². The molecule has 3 heteroatoms. The third-order valence-electron chi connectivity index (χ3n) is 2.96. The normalized spacial score (nSPS) is 12.1. The molecule has 100 valence electrons. The summed E-state index contributed by atoms with van der Waals surface area (Å²) in [5.41, 5.74) is 6.98. The molecule has 0 unspecified atom stereocenters. The fourth-order valence-electron chi connectivity index (χ4n) is 1.86. The van der Waals surface area contributed by atoms with E-state index in [2.05, 4.69) is 12.2 Å². The first kappa shape index (κ1) is 14.7. The van der Waals surface area contributed by atoms with Gasteiger partial charge in [0.25, 0.3) is 0 Å². The Morgan fingerprint density at radius 1 is 1.22 bits per heavy atom. The van der Waals surface area contributed by atoms with Crippen LogP contribution in [0.1, 0.15) is 38.2 Å². The Kier molecular flexibility index (Phi) is 7.11. The van der Waals surface area contributed by atoms with Crippen molar-refractivity contribution in [2.75, 3.05) is 6.54 Å². The van der Waals surface area contributed by atoms with Gasteiger partial charge in [0.1, 0.15) is 0 Å². The number of nitrogens with one attached hydrogen (secondary N) is 1. The molecule has 0 aliphatic carbocycles. The molecular weight excluding hydrogens is 224 g/mol. The van der Waals surface area contributed by atoms with Crippen LogP contribution in [0.25, 0.3) is 0 Å². The molecule has 1 rings (SSSR count). The fourth-order valence-corrected chi connectivity index (χ4v) is 1.86. The number of hydrogen-bond donors (Lipinski definition) is 2. The Morgan fingerprint density at radius 3 is 2.61 bits per heavy atom. The van der Waals surface area contributed by atoms with E-state index in [0.29, 0.717) is 6.42 Å². The van der Waals surface area contributed by atoms with Crippen molar-refractivity contribution in [2.24, 2.45) is 5.73 Å². The third-order valence-corrected chi connectivity index (χ3v) is 2.96. The molecule has 0 saturated carbocycles. The second-order valence-electron chi connectivity index (χ2n) is 4.65. The SMILES string of the molecule is CCCCCCNC(=O)[C@@H](N)Cc1ccccc1. The summed E-state index contributed by atoms with van der Waals surface area (Å²) in [5, 5.41) is 2.90. The van der Waals surface area contributed by atoms with E-state index in [1.165, 1.54) is 19.3 Å². The van der Waals surface area contributed by atoms with Crippen LogP contribution in [0.15, 0.2) is 30.3 Å². The van der Waals surface area contributed by atoms with Gasteiger partial charge in [0.2, 0.25) is 5.91 Å². The van der Waals surface area contributed by atoms with Crippen LogP contribution in [0.4, 0.5) is 0 Å². The van der Waals surface area contributed by atoms with E-state index in [4.69, 9.17) is 5.73 Å². The quantitative estimate of drug-likeness (QED) is 0.693. The molecule has 1 aromatic carbocycles. The van der Waals surface area contributed by atoms with Gasteiger partial charge in [-0.25, -0.2) is 0 Å². The van der Waals surface area contributed by atoms with Crippen LogP contribution in [0, 0.1) is 0 Å². The zero-order chi connectivity index (χ0) is 13.2. The largest absolute Gasteiger partial charge is 0.355 e. The van der Waals surface area contributed by atoms with Crippen LogP contribution in [0.3, 0.4) is 0 Å². The molecule has 1 aromatic rings. The number of nitrogens with two attached hydrogens (primary N) is 1. The van der Waals surface area contributed by atoms with Gasteiger partial charge in [0, 0.05) is 6.54 Å². The monoisotopic (exact) mass is 248 g/mol. The summed E-state index contributed by atoms with van der Waals surface area (Å²) in [6.45, 7) is 2.91. The fraction of sp³-hybridized carbons (Fsp3) is 0.533. The molecule has 0 aliphatic rings. The van der Waals surface area contributed by atoms with E-state index >= 15 is 0 Å². The predicted molar refractivity (Wildman–Crippen MR) is 75.3 cm³/mol. The number of amides is 1. The number of unbranched alkanes of at least 4 members (excludes halogenated alkanes) is 3. The summed E-state index contributed by atoms with van der Waals surface area (Å²) in [6.07, 6.45) is 5.25. The summed E-state index contributed by atoms with van der Waals surface area (Å²) < 4.78 is 0. The number of rotatable bonds is 8. The zero-order valence-corrected chi connectivity index (χ0v) is 11.2. The van der Waals surface area contributed by atoms with Crippen molar-refractivity contribution < 1.29 is 4.79 Å². The lowest BCUT2D eigenvalue weighted by molar-refractivity contribution is -0.122. The standard InChI is InChI=1S/C15H24N2O/c1-2-3-4-8-11-17-15(18)14(16)12-13-9-6-5-7-10-13/h5-7,9-10,14H,2-4,8,11-12,16H2,1H3,(H,17,18)/t14-/m0/s1. The van der Waals surface area contributed by atoms with Crippen molar-refractivity contribution in [2.45, 2.75) is 45.1 Å². The maximum Gasteiger partial charge on any atom is 0.237 e. The van der Waals surface area contributed by atoms with Crippen LogP contribution in [-0.2, 0) is 11.2 Å². The lowest BCUT2D eigenvalue weighted by Gasteiger charge is -2.12. The van der Waals surface area contributed by atoms with Gasteiger partial charge in [-0.15, -0.1) is 0 Å². The van der Waals surface area contributed by atoms with Crippen LogP contribution in [-0.4, -0.2) is 18.5 Å². The first-order chi connectivity index (χ1) is 8.74. The summed E-state index contributed by atoms with van der Waals surface area (Å²) in [5.74, 6) is -0.0460. The number of benzene rings is 1. The number of carbonyl (C=O) groups is 1. The van der Waals surface area contributed by atoms with E-state index in [1.54, 1.807) is 0 Å². The van der Waals surface area contributed by atoms with Gasteiger partial charge < -0.3 is 11.1 Å². The molecule has 0 bridgehead atoms. The van der Waals surface area contributed by atoms with Gasteiger partial charge >= 0.3 is 0 Å². The van der Waals surface area contributed by atoms with Gasteiger partial charge in [-0.05, 0) is 18.4 Å². The first-order valence-corrected chi connectivity index (χ1v) is 6.81. The predicted octanol–water partition coefficient (Wildman–Crippen LogP) is 2.25. The smallest absolute Gasteiger partial charge is 0.237 e. The van der Waals surface area contributed by atoms with E-state index in [1.807, 2.05) is 30.3 Å². The summed E-state index contributed by atoms with van der Waals surface area (Å²) in [7, 11) is 0. The minimum Gasteiger partial charge on any atom is -0.355 e. The van der Waals surface area contributed by atoms with Crippen LogP contribution >= 0.6 is 0 Å². The highest BCUT2D eigenvalue weighted by atomic mass is 16.2. The van der Waals surface area contributed by atoms with Gasteiger partial charge in [-0.3, -0.25) is 4.79 Å². The maximum absolute atomic E-state index is 11.7. The lowest BCUT2D eigenvalue weighted by Crippen LogP contribution is -2.42. The lowest BCUT2D eigenvalue weighted by atomic mass is 10.1. The molecule has 0 aliphatic heterocycles. The van der Waals surface area contributed by atoms with Crippen molar-refractivity contribution in [3.05, 3.63) is 35.9 Å². The Hall–Kier alpha value is -1.35. The average molecular weight is 248 g/mol. The zero-order valence-electron chi connectivity index (χ0n) is 11.2. The minimum absolute atomic E-state index is 0.0460.